The molecule has 0 saturated heterocycles. The van der Waals surface area contributed by atoms with Crippen molar-refractivity contribution in [3.8, 4) is 0 Å². The predicted molar refractivity (Wildman–Crippen MR) is 108 cm³/mol. The van der Waals surface area contributed by atoms with Gasteiger partial charge in [0.2, 0.25) is 5.91 Å². The van der Waals surface area contributed by atoms with Crippen LogP contribution in [0.3, 0.4) is 0 Å². The Kier molecular flexibility index (Phi) is 6.63. The van der Waals surface area contributed by atoms with Gasteiger partial charge in [-0.2, -0.15) is 0 Å². The average molecular weight is 385 g/mol. The summed E-state index contributed by atoms with van der Waals surface area (Å²) in [5.41, 5.74) is -0.277. The fourth-order valence-electron chi connectivity index (χ4n) is 2.10. The van der Waals surface area contributed by atoms with E-state index in [-0.39, 0.29) is 23.8 Å². The van der Waals surface area contributed by atoms with E-state index in [2.05, 4.69) is 16.9 Å². The number of carbonyl (C=O) groups excluding carboxylic acids is 2. The lowest BCUT2D eigenvalue weighted by molar-refractivity contribution is -0.122. The maximum Gasteiger partial charge on any atom is 0.269 e. The van der Waals surface area contributed by atoms with Crippen LogP contribution in [-0.2, 0) is 16.1 Å². The van der Waals surface area contributed by atoms with Gasteiger partial charge in [0.25, 0.3) is 5.56 Å². The second kappa shape index (κ2) is 8.73. The zero-order valence-corrected chi connectivity index (χ0v) is 16.5. The maximum atomic E-state index is 12.8. The number of carbonyl (C=O) groups is 2. The monoisotopic (exact) mass is 385 g/mol. The summed E-state index contributed by atoms with van der Waals surface area (Å²) in [6.45, 7) is 9.11. The number of Topliss-reactive ketones (excluding diaryl/α,β-unsaturated/α-hetero) is 1. The Hall–Kier alpha value is -2.80. The van der Waals surface area contributed by atoms with Crippen LogP contribution < -0.4 is 20.1 Å². The van der Waals surface area contributed by atoms with Crippen LogP contribution in [0.15, 0.2) is 41.8 Å². The van der Waals surface area contributed by atoms with Crippen molar-refractivity contribution in [3.63, 3.8) is 0 Å². The summed E-state index contributed by atoms with van der Waals surface area (Å²) in [5, 5.41) is 2.64. The fraction of sp³-hybridized carbons (Fsp3) is 0.300. The Labute approximate surface area is 161 Å². The van der Waals surface area contributed by atoms with E-state index in [1.54, 1.807) is 51.3 Å². The quantitative estimate of drug-likeness (QED) is 0.747. The van der Waals surface area contributed by atoms with E-state index < -0.39 is 5.41 Å². The summed E-state index contributed by atoms with van der Waals surface area (Å²) >= 11 is 1.17. The Morgan fingerprint density at radius 2 is 2.07 bits per heavy atom. The lowest BCUT2D eigenvalue weighted by Gasteiger charge is -2.12. The van der Waals surface area contributed by atoms with Crippen molar-refractivity contribution in [2.45, 2.75) is 27.3 Å². The van der Waals surface area contributed by atoms with E-state index in [4.69, 9.17) is 0 Å². The van der Waals surface area contributed by atoms with Crippen molar-refractivity contribution in [1.82, 2.24) is 14.9 Å². The highest BCUT2D eigenvalue weighted by molar-refractivity contribution is 7.07. The molecule has 1 amide bonds. The van der Waals surface area contributed by atoms with E-state index in [1.807, 2.05) is 6.07 Å². The van der Waals surface area contributed by atoms with E-state index in [0.29, 0.717) is 21.4 Å². The zero-order valence-electron chi connectivity index (χ0n) is 15.7. The van der Waals surface area contributed by atoms with Crippen molar-refractivity contribution >= 4 is 35.2 Å². The van der Waals surface area contributed by atoms with Crippen LogP contribution in [0.4, 0.5) is 0 Å². The molecular weight excluding hydrogens is 362 g/mol. The highest BCUT2D eigenvalue weighted by Gasteiger charge is 2.20. The molecule has 0 unspecified atom stereocenters. The molecule has 0 bridgehead atoms. The summed E-state index contributed by atoms with van der Waals surface area (Å²) in [5.74, 6) is -0.439. The summed E-state index contributed by atoms with van der Waals surface area (Å²) in [6, 6.07) is 5.39. The van der Waals surface area contributed by atoms with Gasteiger partial charge in [-0.05, 0) is 18.2 Å². The van der Waals surface area contributed by atoms with Crippen LogP contribution >= 0.6 is 11.3 Å². The van der Waals surface area contributed by atoms with Gasteiger partial charge in [-0.3, -0.25) is 23.9 Å². The average Bonchev–Trinajstić information content (AvgIpc) is 2.89. The molecule has 0 atom stereocenters. The van der Waals surface area contributed by atoms with Crippen LogP contribution in [0, 0.1) is 5.41 Å². The molecule has 0 aromatic carbocycles. The van der Waals surface area contributed by atoms with E-state index in [0.717, 1.165) is 0 Å². The molecule has 2 aromatic rings. The summed E-state index contributed by atoms with van der Waals surface area (Å²) in [7, 11) is 0. The smallest absolute Gasteiger partial charge is 0.269 e. The first-order valence-corrected chi connectivity index (χ1v) is 9.30. The van der Waals surface area contributed by atoms with Gasteiger partial charge >= 0.3 is 0 Å². The molecule has 142 valence electrons. The first kappa shape index (κ1) is 20.5. The van der Waals surface area contributed by atoms with Crippen LogP contribution in [0.25, 0.3) is 12.2 Å². The van der Waals surface area contributed by atoms with Crippen LogP contribution in [0.1, 0.15) is 26.5 Å². The Balaban J connectivity index is 2.58. The first-order chi connectivity index (χ1) is 12.7. The number of thiazole rings is 1. The molecule has 2 rings (SSSR count). The van der Waals surface area contributed by atoms with Gasteiger partial charge in [0.1, 0.15) is 11.2 Å². The summed E-state index contributed by atoms with van der Waals surface area (Å²) < 4.78 is 2.18. The molecule has 0 spiro atoms. The molecule has 0 aliphatic heterocycles. The van der Waals surface area contributed by atoms with Crippen molar-refractivity contribution in [2.24, 2.45) is 5.41 Å². The van der Waals surface area contributed by atoms with Gasteiger partial charge in [0.05, 0.1) is 10.2 Å². The van der Waals surface area contributed by atoms with Crippen LogP contribution in [0.2, 0.25) is 0 Å². The second-order valence-electron chi connectivity index (χ2n) is 6.95. The van der Waals surface area contributed by atoms with Gasteiger partial charge in [-0.1, -0.05) is 32.9 Å². The number of amides is 1. The molecule has 0 saturated carbocycles. The third-order valence-electron chi connectivity index (χ3n) is 3.64. The highest BCUT2D eigenvalue weighted by Crippen LogP contribution is 2.14. The standard InChI is InChI=1S/C20H23N3O3S/c1-5-9-22-17(25)13-23-18(12-16(24)20(2,3)4)27-15(19(23)26)11-14-8-6-7-10-21-14/h5-8,10-12H,1,9,13H2,2-4H3,(H,22,25). The minimum Gasteiger partial charge on any atom is -0.351 e. The second-order valence-corrected chi connectivity index (χ2v) is 8.01. The van der Waals surface area contributed by atoms with E-state index >= 15 is 0 Å². The molecule has 0 fully saturated rings. The van der Waals surface area contributed by atoms with Crippen molar-refractivity contribution in [3.05, 3.63) is 62.3 Å². The zero-order chi connectivity index (χ0) is 20.0. The molecule has 7 heteroatoms. The highest BCUT2D eigenvalue weighted by atomic mass is 32.1. The molecular formula is C20H23N3O3S. The number of nitrogens with one attached hydrogen (secondary N) is 1. The molecule has 0 radical (unpaired) electrons. The first-order valence-electron chi connectivity index (χ1n) is 8.48. The molecule has 0 aliphatic carbocycles. The SMILES string of the molecule is C=CCNC(=O)Cn1c(=CC(=O)C(C)(C)C)sc(=Cc2ccccn2)c1=O. The van der Waals surface area contributed by atoms with Crippen molar-refractivity contribution in [1.29, 1.82) is 0 Å². The van der Waals surface area contributed by atoms with Gasteiger partial charge < -0.3 is 5.32 Å². The predicted octanol–water partition coefficient (Wildman–Crippen LogP) is 0.831. The molecule has 27 heavy (non-hydrogen) atoms. The number of pyridine rings is 1. The Morgan fingerprint density at radius 3 is 2.67 bits per heavy atom. The number of hydrogen-bond acceptors (Lipinski definition) is 5. The largest absolute Gasteiger partial charge is 0.351 e. The Bertz CT molecular complexity index is 1010. The third kappa shape index (κ3) is 5.59. The fourth-order valence-corrected chi connectivity index (χ4v) is 3.13. The van der Waals surface area contributed by atoms with Gasteiger partial charge in [0, 0.05) is 24.2 Å². The maximum absolute atomic E-state index is 12.8. The van der Waals surface area contributed by atoms with Crippen LogP contribution in [0.5, 0.6) is 0 Å². The molecule has 6 nitrogen and oxygen atoms in total. The lowest BCUT2D eigenvalue weighted by Crippen LogP contribution is -2.38. The number of hydrogen-bond donors (Lipinski definition) is 1. The minimum absolute atomic E-state index is 0.117. The molecule has 2 aromatic heterocycles. The molecule has 2 heterocycles. The number of ketones is 1. The number of aromatic nitrogens is 2. The van der Waals surface area contributed by atoms with E-state index in [9.17, 15) is 14.4 Å². The van der Waals surface area contributed by atoms with E-state index in [1.165, 1.54) is 22.0 Å². The van der Waals surface area contributed by atoms with Gasteiger partial charge in [0.15, 0.2) is 5.78 Å². The van der Waals surface area contributed by atoms with Crippen LogP contribution in [-0.4, -0.2) is 27.8 Å². The number of nitrogens with zero attached hydrogens (tertiary/aromatic N) is 2. The Morgan fingerprint density at radius 1 is 1.33 bits per heavy atom. The number of rotatable bonds is 6. The molecule has 0 aliphatic rings. The normalized spacial score (nSPS) is 12.9. The van der Waals surface area contributed by atoms with Gasteiger partial charge in [-0.25, -0.2) is 0 Å². The summed E-state index contributed by atoms with van der Waals surface area (Å²) in [4.78, 5) is 41.5. The lowest BCUT2D eigenvalue weighted by atomic mass is 9.91. The summed E-state index contributed by atoms with van der Waals surface area (Å²) in [6.07, 6.45) is 6.29. The van der Waals surface area contributed by atoms with Crippen molar-refractivity contribution < 1.29 is 9.59 Å². The van der Waals surface area contributed by atoms with Crippen molar-refractivity contribution in [2.75, 3.05) is 6.54 Å². The van der Waals surface area contributed by atoms with Gasteiger partial charge in [-0.15, -0.1) is 17.9 Å². The topological polar surface area (TPSA) is 81.1 Å². The molecule has 1 N–H and O–H groups in total. The minimum atomic E-state index is -0.583. The third-order valence-corrected chi connectivity index (χ3v) is 4.70.